The van der Waals surface area contributed by atoms with Gasteiger partial charge in [0.15, 0.2) is 0 Å². The number of halogens is 1. The van der Waals surface area contributed by atoms with Crippen molar-refractivity contribution >= 4 is 11.6 Å². The minimum Gasteiger partial charge on any atom is -0.336 e. The maximum Gasteiger partial charge on any atom is 0.255 e. The van der Waals surface area contributed by atoms with E-state index in [1.165, 1.54) is 0 Å². The molecule has 0 atom stereocenters. The summed E-state index contributed by atoms with van der Waals surface area (Å²) in [6, 6.07) is 9.37. The van der Waals surface area contributed by atoms with Gasteiger partial charge in [-0.25, -0.2) is 0 Å². The Hall–Kier alpha value is -2.18. The van der Waals surface area contributed by atoms with Gasteiger partial charge in [-0.1, -0.05) is 28.9 Å². The summed E-state index contributed by atoms with van der Waals surface area (Å²) in [5, 5.41) is 12.6. The molecule has 3 aromatic rings. The smallest absolute Gasteiger partial charge is 0.255 e. The molecule has 1 fully saturated rings. The van der Waals surface area contributed by atoms with Gasteiger partial charge in [-0.15, -0.1) is 0 Å². The molecule has 7 heteroatoms. The predicted octanol–water partition coefficient (Wildman–Crippen LogP) is 2.71. The van der Waals surface area contributed by atoms with Crippen LogP contribution in [0.25, 0.3) is 11.4 Å². The molecule has 1 N–H and O–H groups in total. The molecule has 118 valence electrons. The van der Waals surface area contributed by atoms with Crippen LogP contribution < -0.4 is 5.32 Å². The van der Waals surface area contributed by atoms with E-state index in [9.17, 15) is 0 Å². The lowest BCUT2D eigenvalue weighted by Gasteiger charge is -2.34. The Kier molecular flexibility index (Phi) is 3.63. The summed E-state index contributed by atoms with van der Waals surface area (Å²) < 4.78 is 7.57. The van der Waals surface area contributed by atoms with Crippen molar-refractivity contribution in [2.75, 3.05) is 13.1 Å². The van der Waals surface area contributed by atoms with Gasteiger partial charge in [-0.3, -0.25) is 4.68 Å². The van der Waals surface area contributed by atoms with Crippen LogP contribution in [0.15, 0.2) is 47.2 Å². The van der Waals surface area contributed by atoms with Crippen molar-refractivity contribution in [3.63, 3.8) is 0 Å². The molecule has 1 aliphatic rings. The highest BCUT2D eigenvalue weighted by atomic mass is 35.5. The molecule has 1 aliphatic heterocycles. The van der Waals surface area contributed by atoms with E-state index >= 15 is 0 Å². The summed E-state index contributed by atoms with van der Waals surface area (Å²) in [5.74, 6) is 1.14. The van der Waals surface area contributed by atoms with Gasteiger partial charge in [0.2, 0.25) is 5.82 Å². The summed E-state index contributed by atoms with van der Waals surface area (Å²) >= 11 is 6.05. The van der Waals surface area contributed by atoms with Crippen molar-refractivity contribution in [2.24, 2.45) is 0 Å². The van der Waals surface area contributed by atoms with E-state index in [0.717, 1.165) is 31.5 Å². The Morgan fingerprint density at radius 2 is 2.09 bits per heavy atom. The van der Waals surface area contributed by atoms with E-state index in [0.29, 0.717) is 16.7 Å². The van der Waals surface area contributed by atoms with Crippen LogP contribution in [-0.4, -0.2) is 33.0 Å². The number of benzene rings is 1. The van der Waals surface area contributed by atoms with Crippen LogP contribution in [0.5, 0.6) is 0 Å². The van der Waals surface area contributed by atoms with Gasteiger partial charge in [0.25, 0.3) is 5.89 Å². The summed E-state index contributed by atoms with van der Waals surface area (Å²) in [6.07, 6.45) is 5.43. The standard InChI is InChI=1S/C16H16ClN5O/c17-13-4-1-3-12(11-13)14-20-15(23-21-14)16(5-8-18-9-6-16)22-10-2-7-19-22/h1-4,7,10-11,18H,5-6,8-9H2. The lowest BCUT2D eigenvalue weighted by Crippen LogP contribution is -2.45. The van der Waals surface area contributed by atoms with Gasteiger partial charge in [0, 0.05) is 23.0 Å². The summed E-state index contributed by atoms with van der Waals surface area (Å²) in [5.41, 5.74) is 0.454. The van der Waals surface area contributed by atoms with E-state index in [-0.39, 0.29) is 0 Å². The Labute approximate surface area is 138 Å². The quantitative estimate of drug-likeness (QED) is 0.800. The number of nitrogens with zero attached hydrogens (tertiary/aromatic N) is 4. The maximum atomic E-state index is 6.05. The van der Waals surface area contributed by atoms with Gasteiger partial charge in [-0.05, 0) is 44.1 Å². The number of piperidine rings is 1. The van der Waals surface area contributed by atoms with Gasteiger partial charge in [0.1, 0.15) is 5.54 Å². The largest absolute Gasteiger partial charge is 0.336 e. The zero-order valence-electron chi connectivity index (χ0n) is 12.4. The monoisotopic (exact) mass is 329 g/mol. The summed E-state index contributed by atoms with van der Waals surface area (Å²) in [6.45, 7) is 1.77. The Morgan fingerprint density at radius 3 is 2.83 bits per heavy atom. The van der Waals surface area contributed by atoms with Gasteiger partial charge < -0.3 is 9.84 Å². The second kappa shape index (κ2) is 5.79. The second-order valence-corrected chi connectivity index (χ2v) is 6.10. The van der Waals surface area contributed by atoms with Crippen molar-refractivity contribution in [3.05, 3.63) is 53.6 Å². The van der Waals surface area contributed by atoms with Crippen LogP contribution >= 0.6 is 11.6 Å². The SMILES string of the molecule is Clc1cccc(-c2noc(C3(n4cccn4)CCNCC3)n2)c1. The molecule has 3 heterocycles. The highest BCUT2D eigenvalue weighted by Crippen LogP contribution is 2.34. The molecular weight excluding hydrogens is 314 g/mol. The first-order valence-corrected chi connectivity index (χ1v) is 7.97. The number of nitrogens with one attached hydrogen (secondary N) is 1. The van der Waals surface area contributed by atoms with Crippen LogP contribution in [0.4, 0.5) is 0 Å². The van der Waals surface area contributed by atoms with Gasteiger partial charge >= 0.3 is 0 Å². The van der Waals surface area contributed by atoms with Crippen LogP contribution in [0, 0.1) is 0 Å². The molecule has 0 unspecified atom stereocenters. The average molecular weight is 330 g/mol. The molecule has 23 heavy (non-hydrogen) atoms. The van der Waals surface area contributed by atoms with Crippen molar-refractivity contribution in [2.45, 2.75) is 18.4 Å². The number of rotatable bonds is 3. The fraction of sp³-hybridized carbons (Fsp3) is 0.312. The predicted molar refractivity (Wildman–Crippen MR) is 86.2 cm³/mol. The number of aromatic nitrogens is 4. The zero-order chi connectivity index (χ0) is 15.7. The van der Waals surface area contributed by atoms with E-state index < -0.39 is 5.54 Å². The number of hydrogen-bond acceptors (Lipinski definition) is 5. The third kappa shape index (κ3) is 2.54. The maximum absolute atomic E-state index is 6.05. The zero-order valence-corrected chi connectivity index (χ0v) is 13.2. The van der Waals surface area contributed by atoms with Crippen LogP contribution in [-0.2, 0) is 5.54 Å². The van der Waals surface area contributed by atoms with Crippen molar-refractivity contribution < 1.29 is 4.52 Å². The molecule has 2 aromatic heterocycles. The minimum atomic E-state index is -0.390. The van der Waals surface area contributed by atoms with E-state index in [2.05, 4.69) is 20.6 Å². The first-order chi connectivity index (χ1) is 11.3. The molecule has 6 nitrogen and oxygen atoms in total. The molecule has 1 aromatic carbocycles. The molecule has 4 rings (SSSR count). The third-order valence-electron chi connectivity index (χ3n) is 4.28. The number of hydrogen-bond donors (Lipinski definition) is 1. The molecule has 0 radical (unpaired) electrons. The molecule has 0 aliphatic carbocycles. The van der Waals surface area contributed by atoms with Gasteiger partial charge in [-0.2, -0.15) is 10.1 Å². The normalized spacial score (nSPS) is 17.3. The Morgan fingerprint density at radius 1 is 1.22 bits per heavy atom. The van der Waals surface area contributed by atoms with Gasteiger partial charge in [0.05, 0.1) is 0 Å². The Bertz CT molecular complexity index is 792. The van der Waals surface area contributed by atoms with Crippen molar-refractivity contribution in [3.8, 4) is 11.4 Å². The molecular formula is C16H16ClN5O. The Balaban J connectivity index is 1.76. The highest BCUT2D eigenvalue weighted by molar-refractivity contribution is 6.30. The topological polar surface area (TPSA) is 68.8 Å². The molecule has 0 saturated carbocycles. The molecule has 0 bridgehead atoms. The van der Waals surface area contributed by atoms with E-state index in [1.54, 1.807) is 6.20 Å². The fourth-order valence-electron chi connectivity index (χ4n) is 3.06. The second-order valence-electron chi connectivity index (χ2n) is 5.67. The molecule has 0 spiro atoms. The minimum absolute atomic E-state index is 0.390. The lowest BCUT2D eigenvalue weighted by atomic mass is 9.88. The fourth-order valence-corrected chi connectivity index (χ4v) is 3.25. The summed E-state index contributed by atoms with van der Waals surface area (Å²) in [4.78, 5) is 4.65. The first kappa shape index (κ1) is 14.4. The van der Waals surface area contributed by atoms with Crippen molar-refractivity contribution in [1.82, 2.24) is 25.2 Å². The molecule has 0 amide bonds. The van der Waals surface area contributed by atoms with E-state index in [4.69, 9.17) is 16.1 Å². The van der Waals surface area contributed by atoms with Crippen molar-refractivity contribution in [1.29, 1.82) is 0 Å². The van der Waals surface area contributed by atoms with Crippen LogP contribution in [0.1, 0.15) is 18.7 Å². The third-order valence-corrected chi connectivity index (χ3v) is 4.52. The first-order valence-electron chi connectivity index (χ1n) is 7.59. The molecule has 1 saturated heterocycles. The lowest BCUT2D eigenvalue weighted by molar-refractivity contribution is 0.172. The van der Waals surface area contributed by atoms with Crippen LogP contribution in [0.3, 0.4) is 0 Å². The average Bonchev–Trinajstić information content (AvgIpc) is 3.28. The van der Waals surface area contributed by atoms with E-state index in [1.807, 2.05) is 41.2 Å². The highest BCUT2D eigenvalue weighted by Gasteiger charge is 2.41. The summed E-state index contributed by atoms with van der Waals surface area (Å²) in [7, 11) is 0. The van der Waals surface area contributed by atoms with Crippen LogP contribution in [0.2, 0.25) is 5.02 Å².